The number of rotatable bonds is 4. The molecule has 1 heterocycles. The molecular formula is C13H17N3O. The fourth-order valence-electron chi connectivity index (χ4n) is 1.85. The van der Waals surface area contributed by atoms with Crippen molar-refractivity contribution in [1.82, 2.24) is 10.2 Å². The van der Waals surface area contributed by atoms with Crippen molar-refractivity contribution in [3.8, 4) is 0 Å². The van der Waals surface area contributed by atoms with Gasteiger partial charge in [-0.15, -0.1) is 0 Å². The Kier molecular flexibility index (Phi) is 3.42. The average Bonchev–Trinajstić information content (AvgIpc) is 2.76. The zero-order valence-corrected chi connectivity index (χ0v) is 10.2. The molecule has 0 radical (unpaired) electrons. The number of carbonyl (C=O) groups excluding carboxylic acids is 1. The van der Waals surface area contributed by atoms with Gasteiger partial charge >= 0.3 is 0 Å². The van der Waals surface area contributed by atoms with Gasteiger partial charge in [-0.2, -0.15) is 5.10 Å². The largest absolute Gasteiger partial charge is 0.326 e. The Morgan fingerprint density at radius 2 is 2.35 bits per heavy atom. The molecule has 1 unspecified atom stereocenters. The smallest absolute Gasteiger partial charge is 0.227 e. The summed E-state index contributed by atoms with van der Waals surface area (Å²) < 4.78 is 0. The first-order valence-corrected chi connectivity index (χ1v) is 5.94. The molecule has 2 aromatic rings. The van der Waals surface area contributed by atoms with Gasteiger partial charge in [-0.1, -0.05) is 20.3 Å². The van der Waals surface area contributed by atoms with Crippen LogP contribution in [0.4, 0.5) is 5.69 Å². The third kappa shape index (κ3) is 2.64. The van der Waals surface area contributed by atoms with Crippen LogP contribution in [-0.4, -0.2) is 16.1 Å². The van der Waals surface area contributed by atoms with Gasteiger partial charge < -0.3 is 5.32 Å². The highest BCUT2D eigenvalue weighted by Gasteiger charge is 2.11. The van der Waals surface area contributed by atoms with E-state index in [0.29, 0.717) is 0 Å². The van der Waals surface area contributed by atoms with Crippen LogP contribution in [0.15, 0.2) is 24.4 Å². The van der Waals surface area contributed by atoms with Crippen molar-refractivity contribution < 1.29 is 4.79 Å². The highest BCUT2D eigenvalue weighted by atomic mass is 16.1. The molecule has 0 saturated heterocycles. The third-order valence-electron chi connectivity index (χ3n) is 2.88. The number of aromatic amines is 1. The van der Waals surface area contributed by atoms with Gasteiger partial charge in [0.05, 0.1) is 11.7 Å². The number of amides is 1. The van der Waals surface area contributed by atoms with E-state index in [1.54, 1.807) is 6.20 Å². The van der Waals surface area contributed by atoms with E-state index in [1.807, 2.05) is 25.1 Å². The summed E-state index contributed by atoms with van der Waals surface area (Å²) in [5.74, 6) is 0.134. The SMILES string of the molecule is CCCC(C)C(=O)Nc1ccc2[nH]ncc2c1. The van der Waals surface area contributed by atoms with Crippen LogP contribution in [0.5, 0.6) is 0 Å². The Morgan fingerprint density at radius 3 is 3.12 bits per heavy atom. The summed E-state index contributed by atoms with van der Waals surface area (Å²) in [7, 11) is 0. The van der Waals surface area contributed by atoms with Gasteiger partial charge in [0.1, 0.15) is 0 Å². The van der Waals surface area contributed by atoms with Crippen molar-refractivity contribution in [2.24, 2.45) is 5.92 Å². The summed E-state index contributed by atoms with van der Waals surface area (Å²) in [5, 5.41) is 10.8. The highest BCUT2D eigenvalue weighted by Crippen LogP contribution is 2.18. The van der Waals surface area contributed by atoms with E-state index in [2.05, 4.69) is 22.4 Å². The van der Waals surface area contributed by atoms with Crippen molar-refractivity contribution >= 4 is 22.5 Å². The third-order valence-corrected chi connectivity index (χ3v) is 2.88. The molecule has 0 bridgehead atoms. The van der Waals surface area contributed by atoms with E-state index in [0.717, 1.165) is 29.4 Å². The first kappa shape index (κ1) is 11.6. The highest BCUT2D eigenvalue weighted by molar-refractivity contribution is 5.94. The summed E-state index contributed by atoms with van der Waals surface area (Å²) in [6.07, 6.45) is 3.69. The Hall–Kier alpha value is -1.84. The van der Waals surface area contributed by atoms with Crippen LogP contribution in [0.25, 0.3) is 10.9 Å². The number of hydrogen-bond acceptors (Lipinski definition) is 2. The number of H-pyrrole nitrogens is 1. The molecule has 2 rings (SSSR count). The molecule has 4 nitrogen and oxygen atoms in total. The van der Waals surface area contributed by atoms with Crippen molar-refractivity contribution in [2.75, 3.05) is 5.32 Å². The van der Waals surface area contributed by atoms with E-state index in [-0.39, 0.29) is 11.8 Å². The van der Waals surface area contributed by atoms with Gasteiger partial charge in [0.15, 0.2) is 0 Å². The van der Waals surface area contributed by atoms with Crippen LogP contribution in [0.3, 0.4) is 0 Å². The Balaban J connectivity index is 2.09. The minimum Gasteiger partial charge on any atom is -0.326 e. The lowest BCUT2D eigenvalue weighted by Crippen LogP contribution is -2.20. The van der Waals surface area contributed by atoms with E-state index in [1.165, 1.54) is 0 Å². The van der Waals surface area contributed by atoms with Crippen molar-refractivity contribution in [1.29, 1.82) is 0 Å². The maximum Gasteiger partial charge on any atom is 0.227 e. The topological polar surface area (TPSA) is 57.8 Å². The maximum atomic E-state index is 11.8. The average molecular weight is 231 g/mol. The van der Waals surface area contributed by atoms with Gasteiger partial charge in [0.2, 0.25) is 5.91 Å². The summed E-state index contributed by atoms with van der Waals surface area (Å²) in [5.41, 5.74) is 1.80. The summed E-state index contributed by atoms with van der Waals surface area (Å²) >= 11 is 0. The normalized spacial score (nSPS) is 12.6. The van der Waals surface area contributed by atoms with E-state index in [9.17, 15) is 4.79 Å². The fourth-order valence-corrected chi connectivity index (χ4v) is 1.85. The molecule has 1 atom stereocenters. The van der Waals surface area contributed by atoms with E-state index < -0.39 is 0 Å². The summed E-state index contributed by atoms with van der Waals surface area (Å²) in [4.78, 5) is 11.8. The molecule has 1 aromatic carbocycles. The van der Waals surface area contributed by atoms with Gasteiger partial charge in [-0.05, 0) is 24.6 Å². The number of carbonyl (C=O) groups is 1. The number of nitrogens with zero attached hydrogens (tertiary/aromatic N) is 1. The van der Waals surface area contributed by atoms with Crippen LogP contribution in [0, 0.1) is 5.92 Å². The predicted octanol–water partition coefficient (Wildman–Crippen LogP) is 2.94. The molecule has 0 saturated carbocycles. The van der Waals surface area contributed by atoms with Crippen molar-refractivity contribution in [3.63, 3.8) is 0 Å². The molecular weight excluding hydrogens is 214 g/mol. The predicted molar refractivity (Wildman–Crippen MR) is 68.8 cm³/mol. The minimum atomic E-state index is 0.0556. The standard InChI is InChI=1S/C13H17N3O/c1-3-4-9(2)13(17)15-11-5-6-12-10(7-11)8-14-16-12/h5-9H,3-4H2,1-2H3,(H,14,16)(H,15,17). The van der Waals surface area contributed by atoms with Crippen LogP contribution in [-0.2, 0) is 4.79 Å². The van der Waals surface area contributed by atoms with Crippen molar-refractivity contribution in [2.45, 2.75) is 26.7 Å². The monoisotopic (exact) mass is 231 g/mol. The molecule has 0 aliphatic rings. The zero-order chi connectivity index (χ0) is 12.3. The second-order valence-corrected chi connectivity index (χ2v) is 4.35. The zero-order valence-electron chi connectivity index (χ0n) is 10.2. The number of hydrogen-bond donors (Lipinski definition) is 2. The van der Waals surface area contributed by atoms with Gasteiger partial charge in [0, 0.05) is 17.0 Å². The number of anilines is 1. The summed E-state index contributed by atoms with van der Waals surface area (Å²) in [6, 6.07) is 5.73. The molecule has 0 spiro atoms. The first-order valence-electron chi connectivity index (χ1n) is 5.94. The van der Waals surface area contributed by atoms with Gasteiger partial charge in [-0.25, -0.2) is 0 Å². The quantitative estimate of drug-likeness (QED) is 0.850. The second-order valence-electron chi connectivity index (χ2n) is 4.35. The number of aromatic nitrogens is 2. The van der Waals surface area contributed by atoms with Crippen LogP contribution >= 0.6 is 0 Å². The van der Waals surface area contributed by atoms with Crippen molar-refractivity contribution in [3.05, 3.63) is 24.4 Å². The maximum absolute atomic E-state index is 11.8. The second kappa shape index (κ2) is 4.99. The lowest BCUT2D eigenvalue weighted by Gasteiger charge is -2.10. The van der Waals surface area contributed by atoms with Gasteiger partial charge in [-0.3, -0.25) is 9.89 Å². The molecule has 4 heteroatoms. The van der Waals surface area contributed by atoms with E-state index in [4.69, 9.17) is 0 Å². The van der Waals surface area contributed by atoms with E-state index >= 15 is 0 Å². The number of nitrogens with one attached hydrogen (secondary N) is 2. The lowest BCUT2D eigenvalue weighted by molar-refractivity contribution is -0.119. The van der Waals surface area contributed by atoms with Crippen LogP contribution in [0.2, 0.25) is 0 Å². The molecule has 1 amide bonds. The molecule has 90 valence electrons. The Morgan fingerprint density at radius 1 is 1.53 bits per heavy atom. The Labute approximate surface area is 100 Å². The minimum absolute atomic E-state index is 0.0556. The molecule has 1 aromatic heterocycles. The number of benzene rings is 1. The molecule has 0 fully saturated rings. The lowest BCUT2D eigenvalue weighted by atomic mass is 10.1. The van der Waals surface area contributed by atoms with Gasteiger partial charge in [0.25, 0.3) is 0 Å². The molecule has 0 aliphatic carbocycles. The first-order chi connectivity index (χ1) is 8.20. The van der Waals surface area contributed by atoms with Crippen LogP contribution < -0.4 is 5.32 Å². The van der Waals surface area contributed by atoms with Crippen LogP contribution in [0.1, 0.15) is 26.7 Å². The fraction of sp³-hybridized carbons (Fsp3) is 0.385. The number of fused-ring (bicyclic) bond motifs is 1. The Bertz CT molecular complexity index is 518. The summed E-state index contributed by atoms with van der Waals surface area (Å²) in [6.45, 7) is 4.04. The molecule has 17 heavy (non-hydrogen) atoms. The molecule has 0 aliphatic heterocycles. The molecule has 2 N–H and O–H groups in total.